The van der Waals surface area contributed by atoms with Gasteiger partial charge in [0.15, 0.2) is 0 Å². The van der Waals surface area contributed by atoms with Gasteiger partial charge in [-0.05, 0) is 37.3 Å². The van der Waals surface area contributed by atoms with Crippen LogP contribution in [0.15, 0.2) is 36.4 Å². The lowest BCUT2D eigenvalue weighted by Crippen LogP contribution is -2.41. The van der Waals surface area contributed by atoms with Crippen molar-refractivity contribution in [3.63, 3.8) is 0 Å². The van der Waals surface area contributed by atoms with Gasteiger partial charge in [0.1, 0.15) is 0 Å². The molecule has 0 aromatic heterocycles. The van der Waals surface area contributed by atoms with E-state index in [2.05, 4.69) is 5.32 Å². The van der Waals surface area contributed by atoms with Crippen LogP contribution in [0.25, 0.3) is 10.8 Å². The molecule has 0 spiro atoms. The fourth-order valence-corrected chi connectivity index (χ4v) is 3.13. The Balaban J connectivity index is 1.73. The smallest absolute Gasteiger partial charge is 0.261 e. The molecule has 1 aliphatic rings. The van der Waals surface area contributed by atoms with E-state index >= 15 is 0 Å². The summed E-state index contributed by atoms with van der Waals surface area (Å²) in [5.74, 6) is -0.609. The largest absolute Gasteiger partial charge is 0.354 e. The lowest BCUT2D eigenvalue weighted by Gasteiger charge is -2.27. The summed E-state index contributed by atoms with van der Waals surface area (Å²) in [5, 5.41) is 4.51. The van der Waals surface area contributed by atoms with Crippen molar-refractivity contribution in [1.82, 2.24) is 10.2 Å². The fourth-order valence-electron chi connectivity index (χ4n) is 3.13. The highest BCUT2D eigenvalue weighted by Crippen LogP contribution is 2.29. The SMILES string of the molecule is CC[C@H](C)NC(=O)CCCN1C(=O)c2cccc3cccc(c23)C1=O. The Morgan fingerprint density at radius 2 is 1.68 bits per heavy atom. The van der Waals surface area contributed by atoms with E-state index in [9.17, 15) is 14.4 Å². The first-order valence-corrected chi connectivity index (χ1v) is 8.70. The molecule has 130 valence electrons. The van der Waals surface area contributed by atoms with E-state index in [-0.39, 0.29) is 30.3 Å². The quantitative estimate of drug-likeness (QED) is 0.823. The summed E-state index contributed by atoms with van der Waals surface area (Å²) in [6, 6.07) is 11.1. The molecule has 3 rings (SSSR count). The van der Waals surface area contributed by atoms with Crippen LogP contribution in [0.5, 0.6) is 0 Å². The monoisotopic (exact) mass is 338 g/mol. The predicted molar refractivity (Wildman–Crippen MR) is 96.4 cm³/mol. The Morgan fingerprint density at radius 3 is 2.24 bits per heavy atom. The van der Waals surface area contributed by atoms with Crippen LogP contribution >= 0.6 is 0 Å². The van der Waals surface area contributed by atoms with E-state index in [0.29, 0.717) is 24.0 Å². The summed E-state index contributed by atoms with van der Waals surface area (Å²) < 4.78 is 0. The van der Waals surface area contributed by atoms with E-state index in [1.54, 1.807) is 12.1 Å². The van der Waals surface area contributed by atoms with Gasteiger partial charge >= 0.3 is 0 Å². The number of hydrogen-bond donors (Lipinski definition) is 1. The van der Waals surface area contributed by atoms with Crippen LogP contribution in [-0.4, -0.2) is 35.2 Å². The number of nitrogens with zero attached hydrogens (tertiary/aromatic N) is 1. The maximum absolute atomic E-state index is 12.7. The molecule has 0 saturated carbocycles. The van der Waals surface area contributed by atoms with Gasteiger partial charge < -0.3 is 5.32 Å². The standard InChI is InChI=1S/C20H22N2O3/c1-3-13(2)21-17(23)11-6-12-22-19(24)15-9-4-7-14-8-5-10-16(18(14)15)20(22)25/h4-5,7-10,13H,3,6,11-12H2,1-2H3,(H,21,23)/t13-/m0/s1. The zero-order valence-electron chi connectivity index (χ0n) is 14.5. The van der Waals surface area contributed by atoms with Crippen molar-refractivity contribution in [2.24, 2.45) is 0 Å². The first kappa shape index (κ1) is 17.1. The van der Waals surface area contributed by atoms with Crippen molar-refractivity contribution >= 4 is 28.5 Å². The van der Waals surface area contributed by atoms with E-state index in [0.717, 1.165) is 17.2 Å². The summed E-state index contributed by atoms with van der Waals surface area (Å²) in [4.78, 5) is 38.6. The van der Waals surface area contributed by atoms with Gasteiger partial charge in [-0.1, -0.05) is 31.2 Å². The van der Waals surface area contributed by atoms with Crippen LogP contribution in [-0.2, 0) is 4.79 Å². The molecule has 5 nitrogen and oxygen atoms in total. The highest BCUT2D eigenvalue weighted by molar-refractivity contribution is 6.25. The van der Waals surface area contributed by atoms with Gasteiger partial charge in [-0.3, -0.25) is 19.3 Å². The summed E-state index contributed by atoms with van der Waals surface area (Å²) in [7, 11) is 0. The Bertz CT molecular complexity index is 793. The molecule has 0 aliphatic carbocycles. The molecular weight excluding hydrogens is 316 g/mol. The Labute approximate surface area is 147 Å². The molecule has 25 heavy (non-hydrogen) atoms. The van der Waals surface area contributed by atoms with Crippen molar-refractivity contribution in [2.75, 3.05) is 6.54 Å². The topological polar surface area (TPSA) is 66.5 Å². The highest BCUT2D eigenvalue weighted by Gasteiger charge is 2.32. The molecule has 0 unspecified atom stereocenters. The second-order valence-corrected chi connectivity index (χ2v) is 6.45. The number of rotatable bonds is 6. The molecule has 0 fully saturated rings. The Kier molecular flexibility index (Phi) is 4.83. The molecule has 0 radical (unpaired) electrons. The Hall–Kier alpha value is -2.69. The van der Waals surface area contributed by atoms with Crippen molar-refractivity contribution in [3.05, 3.63) is 47.5 Å². The normalized spacial score (nSPS) is 14.7. The number of hydrogen-bond acceptors (Lipinski definition) is 3. The van der Waals surface area contributed by atoms with Gasteiger partial charge in [-0.2, -0.15) is 0 Å². The van der Waals surface area contributed by atoms with Crippen LogP contribution in [0.3, 0.4) is 0 Å². The maximum atomic E-state index is 12.7. The second kappa shape index (κ2) is 7.05. The average Bonchev–Trinajstić information content (AvgIpc) is 2.62. The van der Waals surface area contributed by atoms with E-state index in [4.69, 9.17) is 0 Å². The third kappa shape index (κ3) is 3.27. The minimum atomic E-state index is -0.281. The molecule has 0 saturated heterocycles. The third-order valence-electron chi connectivity index (χ3n) is 4.66. The van der Waals surface area contributed by atoms with E-state index in [1.165, 1.54) is 4.90 Å². The molecule has 1 atom stereocenters. The molecule has 5 heteroatoms. The molecule has 1 N–H and O–H groups in total. The molecule has 1 heterocycles. The number of carbonyl (C=O) groups excluding carboxylic acids is 3. The molecule has 1 aliphatic heterocycles. The lowest BCUT2D eigenvalue weighted by atomic mass is 9.94. The van der Waals surface area contributed by atoms with Crippen molar-refractivity contribution in [1.29, 1.82) is 0 Å². The fraction of sp³-hybridized carbons (Fsp3) is 0.350. The molecule has 2 aromatic carbocycles. The number of imide groups is 1. The van der Waals surface area contributed by atoms with Gasteiger partial charge in [0.05, 0.1) is 0 Å². The highest BCUT2D eigenvalue weighted by atomic mass is 16.2. The van der Waals surface area contributed by atoms with Crippen LogP contribution < -0.4 is 5.32 Å². The molecule has 0 bridgehead atoms. The second-order valence-electron chi connectivity index (χ2n) is 6.45. The number of carbonyl (C=O) groups is 3. The minimum Gasteiger partial charge on any atom is -0.354 e. The van der Waals surface area contributed by atoms with Gasteiger partial charge in [-0.25, -0.2) is 0 Å². The van der Waals surface area contributed by atoms with Gasteiger partial charge in [-0.15, -0.1) is 0 Å². The molecule has 3 amide bonds. The zero-order valence-corrected chi connectivity index (χ0v) is 14.5. The van der Waals surface area contributed by atoms with Crippen molar-refractivity contribution < 1.29 is 14.4 Å². The van der Waals surface area contributed by atoms with Crippen LogP contribution in [0.4, 0.5) is 0 Å². The Morgan fingerprint density at radius 1 is 1.08 bits per heavy atom. The van der Waals surface area contributed by atoms with Crippen LogP contribution in [0.2, 0.25) is 0 Å². The van der Waals surface area contributed by atoms with Crippen molar-refractivity contribution in [3.8, 4) is 0 Å². The molecular formula is C20H22N2O3. The summed E-state index contributed by atoms with van der Waals surface area (Å²) >= 11 is 0. The first-order chi connectivity index (χ1) is 12.0. The zero-order chi connectivity index (χ0) is 18.0. The number of benzene rings is 2. The van der Waals surface area contributed by atoms with Crippen molar-refractivity contribution in [2.45, 2.75) is 39.2 Å². The summed E-state index contributed by atoms with van der Waals surface area (Å²) in [6.07, 6.45) is 1.63. The minimum absolute atomic E-state index is 0.0474. The maximum Gasteiger partial charge on any atom is 0.261 e. The molecule has 2 aromatic rings. The predicted octanol–water partition coefficient (Wildman–Crippen LogP) is 3.13. The number of amides is 3. The average molecular weight is 338 g/mol. The van der Waals surface area contributed by atoms with Crippen LogP contribution in [0.1, 0.15) is 53.8 Å². The van der Waals surface area contributed by atoms with Gasteiger partial charge in [0.25, 0.3) is 11.8 Å². The third-order valence-corrected chi connectivity index (χ3v) is 4.66. The lowest BCUT2D eigenvalue weighted by molar-refractivity contribution is -0.121. The van der Waals surface area contributed by atoms with Gasteiger partial charge in [0.2, 0.25) is 5.91 Å². The summed E-state index contributed by atoms with van der Waals surface area (Å²) in [5.41, 5.74) is 1.11. The van der Waals surface area contributed by atoms with Gasteiger partial charge in [0, 0.05) is 35.5 Å². The first-order valence-electron chi connectivity index (χ1n) is 8.70. The van der Waals surface area contributed by atoms with E-state index in [1.807, 2.05) is 38.1 Å². The van der Waals surface area contributed by atoms with Crippen LogP contribution in [0, 0.1) is 0 Å². The summed E-state index contributed by atoms with van der Waals surface area (Å²) in [6.45, 7) is 4.21. The van der Waals surface area contributed by atoms with E-state index < -0.39 is 0 Å². The number of nitrogens with one attached hydrogen (secondary N) is 1.